The molecule has 0 aliphatic carbocycles. The maximum absolute atomic E-state index is 8.69. The van der Waals surface area contributed by atoms with Gasteiger partial charge in [0.1, 0.15) is 0 Å². The number of aliphatic hydroxyl groups excluding tert-OH is 1. The van der Waals surface area contributed by atoms with E-state index in [1.807, 2.05) is 0 Å². The van der Waals surface area contributed by atoms with Crippen LogP contribution >= 0.6 is 0 Å². The first kappa shape index (κ1) is 15.5. The molecule has 1 N–H and O–H groups in total. The van der Waals surface area contributed by atoms with Crippen LogP contribution in [0.4, 0.5) is 0 Å². The summed E-state index contributed by atoms with van der Waals surface area (Å²) in [5, 5.41) is 8.69. The fourth-order valence-corrected chi connectivity index (χ4v) is 0.724. The summed E-state index contributed by atoms with van der Waals surface area (Å²) in [7, 11) is 0. The van der Waals surface area contributed by atoms with Crippen LogP contribution in [0, 0.1) is 5.92 Å². The monoisotopic (exact) mass is 248 g/mol. The summed E-state index contributed by atoms with van der Waals surface area (Å²) in [6.45, 7) is 6.99. The molecule has 1 fully saturated rings. The van der Waals surface area contributed by atoms with Gasteiger partial charge in [0.25, 0.3) is 0 Å². The van der Waals surface area contributed by atoms with E-state index < -0.39 is 6.29 Å². The second-order valence-electron chi connectivity index (χ2n) is 3.32. The molecular formula is C9H19O2Y-. The van der Waals surface area contributed by atoms with Crippen molar-refractivity contribution in [1.82, 2.24) is 0 Å². The number of aliphatic hydroxyl groups is 1. The normalized spacial score (nSPS) is 22.2. The molecule has 2 nitrogen and oxygen atoms in total. The predicted octanol–water partition coefficient (Wildman–Crippen LogP) is 2.12. The summed E-state index contributed by atoms with van der Waals surface area (Å²) in [6.07, 6.45) is 2.58. The van der Waals surface area contributed by atoms with Gasteiger partial charge in [-0.2, -0.15) is 20.8 Å². The van der Waals surface area contributed by atoms with Crippen molar-refractivity contribution in [3.63, 3.8) is 0 Å². The Balaban J connectivity index is 0. The first-order valence-corrected chi connectivity index (χ1v) is 4.19. The molecule has 0 aromatic carbocycles. The Morgan fingerprint density at radius 1 is 1.25 bits per heavy atom. The van der Waals surface area contributed by atoms with Crippen molar-refractivity contribution in [3.05, 3.63) is 5.92 Å². The zero-order chi connectivity index (χ0) is 8.69. The summed E-state index contributed by atoms with van der Waals surface area (Å²) in [5.41, 5.74) is 0. The zero-order valence-electron chi connectivity index (χ0n) is 8.34. The summed E-state index contributed by atoms with van der Waals surface area (Å²) < 4.78 is 4.83. The van der Waals surface area contributed by atoms with Gasteiger partial charge in [-0.1, -0.05) is 0 Å². The summed E-state index contributed by atoms with van der Waals surface area (Å²) in [6, 6.07) is 0. The van der Waals surface area contributed by atoms with Gasteiger partial charge in [-0.15, -0.1) is 0 Å². The SMILES string of the molecule is C[C-](C)C.OC1CCCCO1.[Y]. The molecule has 0 saturated carbocycles. The molecule has 1 aliphatic heterocycles. The predicted molar refractivity (Wildman–Crippen MR) is 46.1 cm³/mol. The summed E-state index contributed by atoms with van der Waals surface area (Å²) in [5.74, 6) is 1.42. The van der Waals surface area contributed by atoms with Crippen molar-refractivity contribution in [1.29, 1.82) is 0 Å². The number of ether oxygens (including phenoxy) is 1. The number of hydrogen-bond donors (Lipinski definition) is 1. The maximum atomic E-state index is 8.69. The topological polar surface area (TPSA) is 29.5 Å². The van der Waals surface area contributed by atoms with Crippen LogP contribution in [-0.4, -0.2) is 18.0 Å². The van der Waals surface area contributed by atoms with Crippen LogP contribution < -0.4 is 0 Å². The Bertz CT molecular complexity index is 77.8. The minimum Gasteiger partial charge on any atom is -0.368 e. The average Bonchev–Trinajstić information content (AvgIpc) is 1.87. The Morgan fingerprint density at radius 3 is 1.92 bits per heavy atom. The van der Waals surface area contributed by atoms with Gasteiger partial charge in [0.05, 0.1) is 0 Å². The quantitative estimate of drug-likeness (QED) is 0.665. The third-order valence-corrected chi connectivity index (χ3v) is 1.16. The number of hydrogen-bond acceptors (Lipinski definition) is 2. The van der Waals surface area contributed by atoms with Gasteiger partial charge in [0.2, 0.25) is 0 Å². The molecule has 1 saturated heterocycles. The van der Waals surface area contributed by atoms with Crippen LogP contribution in [0.25, 0.3) is 0 Å². The minimum absolute atomic E-state index is 0. The molecule has 1 aliphatic rings. The second-order valence-corrected chi connectivity index (χ2v) is 3.32. The average molecular weight is 248 g/mol. The van der Waals surface area contributed by atoms with Gasteiger partial charge < -0.3 is 15.8 Å². The fraction of sp³-hybridized carbons (Fsp3) is 0.889. The van der Waals surface area contributed by atoms with E-state index in [1.165, 1.54) is 5.92 Å². The number of rotatable bonds is 0. The van der Waals surface area contributed by atoms with Crippen molar-refractivity contribution in [3.8, 4) is 0 Å². The van der Waals surface area contributed by atoms with Gasteiger partial charge in [-0.3, -0.25) is 0 Å². The molecule has 1 rings (SSSR count). The molecule has 1 heterocycles. The van der Waals surface area contributed by atoms with E-state index in [-0.39, 0.29) is 32.7 Å². The van der Waals surface area contributed by atoms with Crippen molar-refractivity contribution in [2.45, 2.75) is 46.3 Å². The van der Waals surface area contributed by atoms with E-state index in [0.717, 1.165) is 25.9 Å². The Morgan fingerprint density at radius 2 is 1.75 bits per heavy atom. The molecule has 1 radical (unpaired) electrons. The van der Waals surface area contributed by atoms with Crippen molar-refractivity contribution >= 4 is 0 Å². The van der Waals surface area contributed by atoms with Crippen LogP contribution in [0.15, 0.2) is 0 Å². The van der Waals surface area contributed by atoms with Crippen LogP contribution in [0.2, 0.25) is 0 Å². The van der Waals surface area contributed by atoms with Crippen molar-refractivity contribution in [2.24, 2.45) is 0 Å². The largest absolute Gasteiger partial charge is 0.368 e. The van der Waals surface area contributed by atoms with E-state index in [1.54, 1.807) is 0 Å². The smallest absolute Gasteiger partial charge is 0.154 e. The Labute approximate surface area is 101 Å². The van der Waals surface area contributed by atoms with Crippen molar-refractivity contribution in [2.75, 3.05) is 6.61 Å². The first-order valence-electron chi connectivity index (χ1n) is 4.19. The Kier molecular flexibility index (Phi) is 13.0. The molecule has 0 amide bonds. The van der Waals surface area contributed by atoms with Gasteiger partial charge in [-0.25, -0.2) is 0 Å². The summed E-state index contributed by atoms with van der Waals surface area (Å²) in [4.78, 5) is 0. The van der Waals surface area contributed by atoms with Crippen LogP contribution in [0.3, 0.4) is 0 Å². The molecule has 3 heteroatoms. The molecule has 71 valence electrons. The van der Waals surface area contributed by atoms with Gasteiger partial charge in [0.15, 0.2) is 6.29 Å². The summed E-state index contributed by atoms with van der Waals surface area (Å²) >= 11 is 0. The molecule has 1 atom stereocenters. The third-order valence-electron chi connectivity index (χ3n) is 1.16. The molecule has 0 bridgehead atoms. The van der Waals surface area contributed by atoms with E-state index in [9.17, 15) is 0 Å². The zero-order valence-corrected chi connectivity index (χ0v) is 11.2. The van der Waals surface area contributed by atoms with E-state index in [2.05, 4.69) is 20.8 Å². The van der Waals surface area contributed by atoms with E-state index in [4.69, 9.17) is 9.84 Å². The molecule has 1 unspecified atom stereocenters. The molecule has 0 aromatic heterocycles. The van der Waals surface area contributed by atoms with Crippen LogP contribution in [0.1, 0.15) is 40.0 Å². The van der Waals surface area contributed by atoms with Gasteiger partial charge >= 0.3 is 0 Å². The maximum Gasteiger partial charge on any atom is 0.154 e. The van der Waals surface area contributed by atoms with Crippen LogP contribution in [-0.2, 0) is 37.4 Å². The van der Waals surface area contributed by atoms with E-state index >= 15 is 0 Å². The third kappa shape index (κ3) is 13.6. The minimum atomic E-state index is -0.464. The van der Waals surface area contributed by atoms with Crippen molar-refractivity contribution < 1.29 is 42.6 Å². The molecule has 0 aromatic rings. The molecule has 12 heavy (non-hydrogen) atoms. The molecular weight excluding hydrogens is 229 g/mol. The van der Waals surface area contributed by atoms with Crippen LogP contribution in [0.5, 0.6) is 0 Å². The second kappa shape index (κ2) is 10.1. The Hall–Kier alpha value is 1.02. The van der Waals surface area contributed by atoms with Gasteiger partial charge in [-0.05, 0) is 19.3 Å². The standard InChI is InChI=1S/C5H10O2.C4H9.Y/c6-5-3-1-2-4-7-5;1-4(2)3;/h5-6H,1-4H2;1-3H3;/q;-1;. The fourth-order valence-electron chi connectivity index (χ4n) is 0.724. The molecule has 0 spiro atoms. The van der Waals surface area contributed by atoms with Gasteiger partial charge in [0, 0.05) is 39.3 Å². The first-order chi connectivity index (χ1) is 5.13. The van der Waals surface area contributed by atoms with E-state index in [0.29, 0.717) is 0 Å².